The Hall–Kier alpha value is -0.0600. The molecule has 0 radical (unpaired) electrons. The molecule has 0 spiro atoms. The maximum atomic E-state index is 11.3. The van der Waals surface area contributed by atoms with Crippen LogP contribution in [0.5, 0.6) is 0 Å². The summed E-state index contributed by atoms with van der Waals surface area (Å²) in [6.45, 7) is 0. The molecule has 0 atom stereocenters. The summed E-state index contributed by atoms with van der Waals surface area (Å²) in [6, 6.07) is 0. The van der Waals surface area contributed by atoms with Gasteiger partial charge in [0.05, 0.1) is 4.90 Å². The lowest BCUT2D eigenvalue weighted by molar-refractivity contribution is 0.608. The lowest BCUT2D eigenvalue weighted by Gasteiger charge is -1.99. The fraction of sp³-hybridized carbons (Fsp3) is 0.556. The molecule has 2 nitrogen and oxygen atoms in total. The number of halogens is 1. The summed E-state index contributed by atoms with van der Waals surface area (Å²) in [5.74, 6) is 0. The highest BCUT2D eigenvalue weighted by molar-refractivity contribution is 8.13. The van der Waals surface area contributed by atoms with Crippen LogP contribution < -0.4 is 0 Å². The van der Waals surface area contributed by atoms with Gasteiger partial charge in [-0.05, 0) is 31.2 Å². The predicted octanol–water partition coefficient (Wildman–Crippen LogP) is 2.94. The van der Waals surface area contributed by atoms with Crippen molar-refractivity contribution in [2.45, 2.75) is 37.0 Å². The minimum atomic E-state index is -3.53. The van der Waals surface area contributed by atoms with Crippen LogP contribution in [0, 0.1) is 0 Å². The summed E-state index contributed by atoms with van der Waals surface area (Å²) in [6.07, 6.45) is 5.29. The number of thiophene rings is 1. The number of aryl methyl sites for hydroxylation is 1. The summed E-state index contributed by atoms with van der Waals surface area (Å²) >= 11 is 1.53. The average molecular weight is 251 g/mol. The molecule has 1 aliphatic rings. The lowest BCUT2D eigenvalue weighted by atomic mass is 10.1. The van der Waals surface area contributed by atoms with Crippen molar-refractivity contribution in [3.8, 4) is 0 Å². The minimum absolute atomic E-state index is 0.348. The molecule has 0 saturated carbocycles. The monoisotopic (exact) mass is 250 g/mol. The van der Waals surface area contributed by atoms with Gasteiger partial charge in [-0.1, -0.05) is 6.42 Å². The standard InChI is InChI=1S/C9H11ClO2S2/c10-14(11,12)9-6-13-8-5-3-1-2-4-7(8)9/h6H,1-5H2. The van der Waals surface area contributed by atoms with E-state index in [9.17, 15) is 8.42 Å². The van der Waals surface area contributed by atoms with Crippen molar-refractivity contribution in [2.75, 3.05) is 0 Å². The largest absolute Gasteiger partial charge is 0.262 e. The first-order valence-corrected chi connectivity index (χ1v) is 7.82. The smallest absolute Gasteiger partial charge is 0.207 e. The van der Waals surface area contributed by atoms with Gasteiger partial charge in [0.15, 0.2) is 0 Å². The zero-order chi connectivity index (χ0) is 10.2. The molecule has 1 heterocycles. The highest BCUT2D eigenvalue weighted by atomic mass is 35.7. The predicted molar refractivity (Wildman–Crippen MR) is 58.6 cm³/mol. The maximum Gasteiger partial charge on any atom is 0.262 e. The van der Waals surface area contributed by atoms with Gasteiger partial charge < -0.3 is 0 Å². The minimum Gasteiger partial charge on any atom is -0.207 e. The molecule has 5 heteroatoms. The topological polar surface area (TPSA) is 34.1 Å². The highest BCUT2D eigenvalue weighted by Gasteiger charge is 2.21. The molecule has 0 fully saturated rings. The van der Waals surface area contributed by atoms with Crippen LogP contribution in [0.4, 0.5) is 0 Å². The van der Waals surface area contributed by atoms with E-state index in [1.807, 2.05) is 0 Å². The highest BCUT2D eigenvalue weighted by Crippen LogP contribution is 2.33. The van der Waals surface area contributed by atoms with Crippen LogP contribution in [0.2, 0.25) is 0 Å². The molecule has 0 saturated heterocycles. The Morgan fingerprint density at radius 1 is 1.21 bits per heavy atom. The molecular formula is C9H11ClO2S2. The van der Waals surface area contributed by atoms with Gasteiger partial charge in [0.1, 0.15) is 0 Å². The number of fused-ring (bicyclic) bond motifs is 1. The van der Waals surface area contributed by atoms with Crippen LogP contribution in [-0.4, -0.2) is 8.42 Å². The maximum absolute atomic E-state index is 11.3. The Labute approximate surface area is 92.3 Å². The molecule has 0 unspecified atom stereocenters. The summed E-state index contributed by atoms with van der Waals surface area (Å²) in [4.78, 5) is 1.56. The summed E-state index contributed by atoms with van der Waals surface area (Å²) in [5.41, 5.74) is 0.975. The molecule has 0 amide bonds. The zero-order valence-electron chi connectivity index (χ0n) is 7.62. The third-order valence-corrected chi connectivity index (χ3v) is 5.16. The van der Waals surface area contributed by atoms with E-state index >= 15 is 0 Å². The molecule has 0 N–H and O–H groups in total. The molecule has 1 aliphatic carbocycles. The van der Waals surface area contributed by atoms with Gasteiger partial charge in [0, 0.05) is 20.9 Å². The van der Waals surface area contributed by atoms with Crippen molar-refractivity contribution < 1.29 is 8.42 Å². The van der Waals surface area contributed by atoms with Crippen LogP contribution in [-0.2, 0) is 21.9 Å². The molecule has 0 aromatic carbocycles. The van der Waals surface area contributed by atoms with Crippen molar-refractivity contribution >= 4 is 31.1 Å². The SMILES string of the molecule is O=S(=O)(Cl)c1csc2c1CCCCC2. The third kappa shape index (κ3) is 1.97. The zero-order valence-corrected chi connectivity index (χ0v) is 10.0. The Morgan fingerprint density at radius 2 is 1.93 bits per heavy atom. The Kier molecular flexibility index (Phi) is 2.86. The summed E-state index contributed by atoms with van der Waals surface area (Å²) in [5, 5.41) is 1.68. The van der Waals surface area contributed by atoms with E-state index in [0.717, 1.165) is 31.2 Å². The van der Waals surface area contributed by atoms with Gasteiger partial charge >= 0.3 is 0 Å². The van der Waals surface area contributed by atoms with Crippen molar-refractivity contribution in [3.05, 3.63) is 15.8 Å². The second-order valence-corrected chi connectivity index (χ2v) is 7.00. The van der Waals surface area contributed by atoms with Gasteiger partial charge in [0.2, 0.25) is 0 Å². The first kappa shape index (κ1) is 10.5. The number of rotatable bonds is 1. The fourth-order valence-corrected chi connectivity index (χ4v) is 4.65. The molecule has 0 bridgehead atoms. The molecular weight excluding hydrogens is 240 g/mol. The second-order valence-electron chi connectivity index (χ2n) is 3.50. The fourth-order valence-electron chi connectivity index (χ4n) is 1.85. The molecule has 1 aromatic heterocycles. The Morgan fingerprint density at radius 3 is 2.64 bits per heavy atom. The normalized spacial score (nSPS) is 17.5. The van der Waals surface area contributed by atoms with Gasteiger partial charge in [0.25, 0.3) is 9.05 Å². The third-order valence-electron chi connectivity index (χ3n) is 2.54. The van der Waals surface area contributed by atoms with Gasteiger partial charge in [-0.25, -0.2) is 8.42 Å². The van der Waals surface area contributed by atoms with Crippen LogP contribution in [0.1, 0.15) is 29.7 Å². The second kappa shape index (κ2) is 3.83. The van der Waals surface area contributed by atoms with E-state index in [1.165, 1.54) is 22.6 Å². The number of hydrogen-bond acceptors (Lipinski definition) is 3. The van der Waals surface area contributed by atoms with Crippen molar-refractivity contribution in [1.29, 1.82) is 0 Å². The lowest BCUT2D eigenvalue weighted by Crippen LogP contribution is -1.95. The average Bonchev–Trinajstić information content (AvgIpc) is 2.36. The first-order chi connectivity index (χ1) is 6.59. The molecule has 0 aliphatic heterocycles. The van der Waals surface area contributed by atoms with Crippen LogP contribution >= 0.6 is 22.0 Å². The molecule has 1 aromatic rings. The van der Waals surface area contributed by atoms with Crippen LogP contribution in [0.25, 0.3) is 0 Å². The van der Waals surface area contributed by atoms with E-state index in [1.54, 1.807) is 5.38 Å². The van der Waals surface area contributed by atoms with Crippen molar-refractivity contribution in [2.24, 2.45) is 0 Å². The molecule has 14 heavy (non-hydrogen) atoms. The molecule has 2 rings (SSSR count). The van der Waals surface area contributed by atoms with Crippen LogP contribution in [0.3, 0.4) is 0 Å². The van der Waals surface area contributed by atoms with Crippen molar-refractivity contribution in [1.82, 2.24) is 0 Å². The Bertz CT molecular complexity index is 434. The van der Waals surface area contributed by atoms with E-state index in [4.69, 9.17) is 10.7 Å². The van der Waals surface area contributed by atoms with Gasteiger partial charge in [-0.2, -0.15) is 0 Å². The van der Waals surface area contributed by atoms with Crippen molar-refractivity contribution in [3.63, 3.8) is 0 Å². The molecule has 78 valence electrons. The van der Waals surface area contributed by atoms with Crippen LogP contribution in [0.15, 0.2) is 10.3 Å². The summed E-state index contributed by atoms with van der Waals surface area (Å²) in [7, 11) is 1.83. The van der Waals surface area contributed by atoms with Gasteiger partial charge in [-0.15, -0.1) is 11.3 Å². The van der Waals surface area contributed by atoms with E-state index in [2.05, 4.69) is 0 Å². The van der Waals surface area contributed by atoms with E-state index in [0.29, 0.717) is 4.90 Å². The van der Waals surface area contributed by atoms with E-state index in [-0.39, 0.29) is 0 Å². The first-order valence-electron chi connectivity index (χ1n) is 4.63. The Balaban J connectivity index is 2.50. The van der Waals surface area contributed by atoms with Gasteiger partial charge in [-0.3, -0.25) is 0 Å². The quantitative estimate of drug-likeness (QED) is 0.567. The summed E-state index contributed by atoms with van der Waals surface area (Å²) < 4.78 is 22.5. The number of hydrogen-bond donors (Lipinski definition) is 0. The van der Waals surface area contributed by atoms with E-state index < -0.39 is 9.05 Å².